The molecule has 1 aliphatic rings. The first kappa shape index (κ1) is 21.6. The summed E-state index contributed by atoms with van der Waals surface area (Å²) >= 11 is 0. The number of benzene rings is 2. The molecule has 0 radical (unpaired) electrons. The molecule has 9 heteroatoms. The average Bonchev–Trinajstić information content (AvgIpc) is 3.21. The van der Waals surface area contributed by atoms with Gasteiger partial charge < -0.3 is 10.2 Å². The minimum Gasteiger partial charge on any atom is -0.344 e. The number of hydrogen-bond acceptors (Lipinski definition) is 3. The molecule has 2 aromatic carbocycles. The van der Waals surface area contributed by atoms with E-state index in [1.165, 1.54) is 33.8 Å². The number of amides is 2. The lowest BCUT2D eigenvalue weighted by molar-refractivity contribution is -0.138. The Hall–Kier alpha value is -3.62. The summed E-state index contributed by atoms with van der Waals surface area (Å²) in [6.45, 7) is 2.15. The van der Waals surface area contributed by atoms with E-state index < -0.39 is 23.6 Å². The highest BCUT2D eigenvalue weighted by molar-refractivity contribution is 5.98. The van der Waals surface area contributed by atoms with E-state index >= 15 is 0 Å². The van der Waals surface area contributed by atoms with Gasteiger partial charge in [-0.05, 0) is 24.1 Å². The fraction of sp³-hybridized carbons (Fsp3) is 0.261. The third-order valence-electron chi connectivity index (χ3n) is 5.43. The molecule has 166 valence electrons. The number of nitrogens with zero attached hydrogens (tertiary/aromatic N) is 3. The van der Waals surface area contributed by atoms with E-state index in [-0.39, 0.29) is 42.6 Å². The molecule has 0 saturated carbocycles. The maximum atomic E-state index is 13.3. The molecule has 0 saturated heterocycles. The van der Waals surface area contributed by atoms with Gasteiger partial charge in [-0.15, -0.1) is 0 Å². The molecule has 1 aliphatic heterocycles. The maximum absolute atomic E-state index is 13.3. The van der Waals surface area contributed by atoms with E-state index in [2.05, 4.69) is 10.4 Å². The number of fused-ring (bicyclic) bond motifs is 1. The second-order valence-electron chi connectivity index (χ2n) is 7.63. The summed E-state index contributed by atoms with van der Waals surface area (Å²) in [5, 5.41) is 7.07. The van der Waals surface area contributed by atoms with Gasteiger partial charge >= 0.3 is 6.18 Å². The van der Waals surface area contributed by atoms with Gasteiger partial charge in [0.2, 0.25) is 0 Å². The van der Waals surface area contributed by atoms with Gasteiger partial charge in [0, 0.05) is 19.2 Å². The zero-order valence-electron chi connectivity index (χ0n) is 17.3. The number of rotatable bonds is 5. The lowest BCUT2D eigenvalue weighted by Crippen LogP contribution is -2.40. The SMILES string of the molecule is C[C@H](NC(=O)c1cc2n(n1)CCN(Cc1ccccc1C(F)(F)F)C2=O)c1ccccc1. The van der Waals surface area contributed by atoms with E-state index in [4.69, 9.17) is 0 Å². The molecule has 0 aliphatic carbocycles. The van der Waals surface area contributed by atoms with Crippen LogP contribution in [0.3, 0.4) is 0 Å². The fourth-order valence-electron chi connectivity index (χ4n) is 3.74. The molecule has 0 spiro atoms. The smallest absolute Gasteiger partial charge is 0.344 e. The van der Waals surface area contributed by atoms with Crippen LogP contribution in [0.1, 0.15) is 50.6 Å². The highest BCUT2D eigenvalue weighted by atomic mass is 19.4. The molecule has 1 N–H and O–H groups in total. The van der Waals surface area contributed by atoms with Crippen molar-refractivity contribution in [1.29, 1.82) is 0 Å². The summed E-state index contributed by atoms with van der Waals surface area (Å²) < 4.78 is 41.3. The zero-order chi connectivity index (χ0) is 22.9. The summed E-state index contributed by atoms with van der Waals surface area (Å²) in [5.41, 5.74) is 0.458. The third-order valence-corrected chi connectivity index (χ3v) is 5.43. The Morgan fingerprint density at radius 2 is 1.78 bits per heavy atom. The van der Waals surface area contributed by atoms with Crippen molar-refractivity contribution in [2.45, 2.75) is 32.2 Å². The lowest BCUT2D eigenvalue weighted by atomic mass is 10.1. The van der Waals surface area contributed by atoms with Crippen LogP contribution in [-0.4, -0.2) is 33.0 Å². The van der Waals surface area contributed by atoms with Crippen molar-refractivity contribution in [2.75, 3.05) is 6.54 Å². The quantitative estimate of drug-likeness (QED) is 0.648. The molecule has 2 amide bonds. The Bertz CT molecular complexity index is 1140. The van der Waals surface area contributed by atoms with Gasteiger partial charge in [-0.1, -0.05) is 48.5 Å². The first-order chi connectivity index (χ1) is 15.2. The Kier molecular flexibility index (Phi) is 5.73. The number of hydrogen-bond donors (Lipinski definition) is 1. The lowest BCUT2D eigenvalue weighted by Gasteiger charge is -2.28. The Labute approximate surface area is 182 Å². The number of halogens is 3. The Morgan fingerprint density at radius 3 is 2.50 bits per heavy atom. The van der Waals surface area contributed by atoms with Crippen LogP contribution in [0.25, 0.3) is 0 Å². The van der Waals surface area contributed by atoms with Crippen molar-refractivity contribution in [3.8, 4) is 0 Å². The van der Waals surface area contributed by atoms with Crippen LogP contribution in [-0.2, 0) is 19.3 Å². The summed E-state index contributed by atoms with van der Waals surface area (Å²) in [6.07, 6.45) is -4.50. The van der Waals surface area contributed by atoms with Gasteiger partial charge in [0.05, 0.1) is 18.2 Å². The second-order valence-corrected chi connectivity index (χ2v) is 7.63. The Balaban J connectivity index is 1.50. The normalized spacial score (nSPS) is 14.8. The van der Waals surface area contributed by atoms with Gasteiger partial charge in [0.1, 0.15) is 5.69 Å². The van der Waals surface area contributed by atoms with Gasteiger partial charge in [-0.25, -0.2) is 0 Å². The summed E-state index contributed by atoms with van der Waals surface area (Å²) in [6, 6.07) is 15.7. The molecule has 0 unspecified atom stereocenters. The molecular weight excluding hydrogens is 421 g/mol. The van der Waals surface area contributed by atoms with E-state index in [1.54, 1.807) is 0 Å². The van der Waals surface area contributed by atoms with E-state index in [0.717, 1.165) is 11.6 Å². The average molecular weight is 442 g/mol. The highest BCUT2D eigenvalue weighted by Crippen LogP contribution is 2.32. The van der Waals surface area contributed by atoms with Gasteiger partial charge in [-0.2, -0.15) is 18.3 Å². The monoisotopic (exact) mass is 442 g/mol. The number of aromatic nitrogens is 2. The largest absolute Gasteiger partial charge is 0.416 e. The van der Waals surface area contributed by atoms with E-state index in [0.29, 0.717) is 0 Å². The number of alkyl halides is 3. The molecule has 2 heterocycles. The van der Waals surface area contributed by atoms with Crippen LogP contribution in [0.2, 0.25) is 0 Å². The van der Waals surface area contributed by atoms with Gasteiger partial charge in [-0.3, -0.25) is 14.3 Å². The molecule has 0 bridgehead atoms. The molecule has 1 aromatic heterocycles. The summed E-state index contributed by atoms with van der Waals surface area (Å²) in [7, 11) is 0. The summed E-state index contributed by atoms with van der Waals surface area (Å²) in [4.78, 5) is 26.9. The predicted octanol–water partition coefficient (Wildman–Crippen LogP) is 4.05. The molecule has 3 aromatic rings. The second kappa shape index (κ2) is 8.49. The van der Waals surface area contributed by atoms with Crippen LogP contribution in [0, 0.1) is 0 Å². The van der Waals surface area contributed by atoms with Crippen LogP contribution >= 0.6 is 0 Å². The first-order valence-electron chi connectivity index (χ1n) is 10.1. The van der Waals surface area contributed by atoms with Crippen molar-refractivity contribution in [2.24, 2.45) is 0 Å². The van der Waals surface area contributed by atoms with Crippen molar-refractivity contribution in [3.63, 3.8) is 0 Å². The van der Waals surface area contributed by atoms with Crippen LogP contribution in [0.4, 0.5) is 13.2 Å². The topological polar surface area (TPSA) is 67.2 Å². The van der Waals surface area contributed by atoms with Gasteiger partial charge in [0.15, 0.2) is 5.69 Å². The molecule has 4 rings (SSSR count). The van der Waals surface area contributed by atoms with Crippen molar-refractivity contribution in [1.82, 2.24) is 20.0 Å². The first-order valence-corrected chi connectivity index (χ1v) is 10.1. The molecule has 0 fully saturated rings. The standard InChI is InChI=1S/C23H21F3N4O2/c1-15(16-7-3-2-4-8-16)27-21(31)19-13-20-22(32)29(11-12-30(20)28-19)14-17-9-5-6-10-18(17)23(24,25)26/h2-10,13,15H,11-12,14H2,1H3,(H,27,31)/t15-/m0/s1. The molecule has 32 heavy (non-hydrogen) atoms. The predicted molar refractivity (Wildman–Crippen MR) is 111 cm³/mol. The third kappa shape index (κ3) is 4.37. The minimum absolute atomic E-state index is 0.0240. The van der Waals surface area contributed by atoms with Crippen LogP contribution < -0.4 is 5.32 Å². The van der Waals surface area contributed by atoms with E-state index in [1.807, 2.05) is 37.3 Å². The summed E-state index contributed by atoms with van der Waals surface area (Å²) in [5.74, 6) is -0.888. The number of carbonyl (C=O) groups excluding carboxylic acids is 2. The van der Waals surface area contributed by atoms with Crippen molar-refractivity contribution in [3.05, 3.63) is 88.7 Å². The zero-order valence-corrected chi connectivity index (χ0v) is 17.3. The number of carbonyl (C=O) groups is 2. The maximum Gasteiger partial charge on any atom is 0.416 e. The highest BCUT2D eigenvalue weighted by Gasteiger charge is 2.35. The van der Waals surface area contributed by atoms with Crippen molar-refractivity contribution < 1.29 is 22.8 Å². The van der Waals surface area contributed by atoms with Crippen molar-refractivity contribution >= 4 is 11.8 Å². The van der Waals surface area contributed by atoms with Crippen LogP contribution in [0.5, 0.6) is 0 Å². The van der Waals surface area contributed by atoms with E-state index in [9.17, 15) is 22.8 Å². The van der Waals surface area contributed by atoms with Gasteiger partial charge in [0.25, 0.3) is 11.8 Å². The minimum atomic E-state index is -4.50. The molecule has 6 nitrogen and oxygen atoms in total. The number of nitrogens with one attached hydrogen (secondary N) is 1. The fourth-order valence-corrected chi connectivity index (χ4v) is 3.74. The Morgan fingerprint density at radius 1 is 1.09 bits per heavy atom. The molecule has 1 atom stereocenters. The van der Waals surface area contributed by atoms with Crippen LogP contribution in [0.15, 0.2) is 60.7 Å². The molecular formula is C23H21F3N4O2.